The maximum atomic E-state index is 6.40. The maximum Gasteiger partial charge on any atom is 0.0594 e. The van der Waals surface area contributed by atoms with Crippen molar-refractivity contribution in [2.45, 2.75) is 25.5 Å². The van der Waals surface area contributed by atoms with E-state index < -0.39 is 0 Å². The number of hydrogen-bond donors (Lipinski definition) is 1. The number of nitrogens with two attached hydrogens (primary N) is 1. The maximum absolute atomic E-state index is 6.40. The highest BCUT2D eigenvalue weighted by Crippen LogP contribution is 2.32. The molecular formula is C16H19NO. The number of ether oxygens (including phenoxy) is 1. The van der Waals surface area contributed by atoms with Crippen molar-refractivity contribution in [3.05, 3.63) is 48.0 Å². The average molecular weight is 241 g/mol. The monoisotopic (exact) mass is 241 g/mol. The molecule has 2 aromatic carbocycles. The second kappa shape index (κ2) is 4.71. The van der Waals surface area contributed by atoms with Crippen LogP contribution < -0.4 is 5.73 Å². The van der Waals surface area contributed by atoms with Gasteiger partial charge < -0.3 is 10.5 Å². The average Bonchev–Trinajstić information content (AvgIpc) is 2.83. The molecule has 2 nitrogen and oxygen atoms in total. The zero-order valence-electron chi connectivity index (χ0n) is 10.7. The van der Waals surface area contributed by atoms with Crippen molar-refractivity contribution >= 4 is 10.8 Å². The lowest BCUT2D eigenvalue weighted by Gasteiger charge is -2.22. The predicted octanol–water partition coefficient (Wildman–Crippen LogP) is 3.26. The van der Waals surface area contributed by atoms with Crippen molar-refractivity contribution in [3.63, 3.8) is 0 Å². The fourth-order valence-electron chi connectivity index (χ4n) is 2.88. The standard InChI is InChI=1S/C16H19NO/c1-11-15(8-9-18-11)16(17)14-7-6-12-4-2-3-5-13(12)10-14/h2-7,10-11,15-16H,8-9,17H2,1H3. The molecule has 0 bridgehead atoms. The lowest BCUT2D eigenvalue weighted by Crippen LogP contribution is -2.26. The van der Waals surface area contributed by atoms with Crippen molar-refractivity contribution < 1.29 is 4.74 Å². The molecule has 94 valence electrons. The molecule has 0 radical (unpaired) electrons. The van der Waals surface area contributed by atoms with Crippen LogP contribution in [0.4, 0.5) is 0 Å². The molecule has 1 aliphatic rings. The zero-order chi connectivity index (χ0) is 12.5. The zero-order valence-corrected chi connectivity index (χ0v) is 10.7. The molecule has 1 heterocycles. The summed E-state index contributed by atoms with van der Waals surface area (Å²) in [5, 5.41) is 2.53. The summed E-state index contributed by atoms with van der Waals surface area (Å²) < 4.78 is 5.62. The summed E-state index contributed by atoms with van der Waals surface area (Å²) in [6.07, 6.45) is 1.33. The first kappa shape index (κ1) is 11.7. The van der Waals surface area contributed by atoms with E-state index >= 15 is 0 Å². The third-order valence-corrected chi connectivity index (χ3v) is 4.05. The molecule has 0 amide bonds. The van der Waals surface area contributed by atoms with E-state index in [1.54, 1.807) is 0 Å². The van der Waals surface area contributed by atoms with Crippen LogP contribution >= 0.6 is 0 Å². The highest BCUT2D eigenvalue weighted by Gasteiger charge is 2.30. The summed E-state index contributed by atoms with van der Waals surface area (Å²) in [4.78, 5) is 0. The van der Waals surface area contributed by atoms with Gasteiger partial charge in [-0.3, -0.25) is 0 Å². The van der Waals surface area contributed by atoms with Gasteiger partial charge in [0.25, 0.3) is 0 Å². The molecule has 0 spiro atoms. The molecule has 2 aromatic rings. The molecule has 3 unspecified atom stereocenters. The quantitative estimate of drug-likeness (QED) is 0.875. The molecule has 1 aliphatic heterocycles. The summed E-state index contributed by atoms with van der Waals surface area (Å²) in [5.74, 6) is 0.436. The third kappa shape index (κ3) is 2.02. The van der Waals surface area contributed by atoms with Crippen LogP contribution in [0.15, 0.2) is 42.5 Å². The van der Waals surface area contributed by atoms with Crippen LogP contribution in [0.1, 0.15) is 24.9 Å². The number of benzene rings is 2. The van der Waals surface area contributed by atoms with Crippen molar-refractivity contribution in [2.75, 3.05) is 6.61 Å². The van der Waals surface area contributed by atoms with Crippen molar-refractivity contribution in [1.82, 2.24) is 0 Å². The van der Waals surface area contributed by atoms with Crippen LogP contribution in [0.25, 0.3) is 10.8 Å². The normalized spacial score (nSPS) is 25.4. The van der Waals surface area contributed by atoms with E-state index in [2.05, 4.69) is 49.4 Å². The molecule has 18 heavy (non-hydrogen) atoms. The molecule has 1 saturated heterocycles. The minimum atomic E-state index is 0.0760. The number of fused-ring (bicyclic) bond motifs is 1. The van der Waals surface area contributed by atoms with Gasteiger partial charge in [-0.15, -0.1) is 0 Å². The highest BCUT2D eigenvalue weighted by molar-refractivity contribution is 5.83. The Bertz CT molecular complexity index is 552. The van der Waals surface area contributed by atoms with Gasteiger partial charge in [-0.05, 0) is 35.7 Å². The fraction of sp³-hybridized carbons (Fsp3) is 0.375. The fourth-order valence-corrected chi connectivity index (χ4v) is 2.88. The number of rotatable bonds is 2. The van der Waals surface area contributed by atoms with Crippen molar-refractivity contribution in [3.8, 4) is 0 Å². The van der Waals surface area contributed by atoms with Crippen LogP contribution in [0.3, 0.4) is 0 Å². The molecule has 0 saturated carbocycles. The Labute approximate surface area is 108 Å². The van der Waals surface area contributed by atoms with E-state index in [9.17, 15) is 0 Å². The van der Waals surface area contributed by atoms with Crippen molar-refractivity contribution in [1.29, 1.82) is 0 Å². The second-order valence-corrected chi connectivity index (χ2v) is 5.16. The lowest BCUT2D eigenvalue weighted by molar-refractivity contribution is 0.0995. The minimum Gasteiger partial charge on any atom is -0.378 e. The van der Waals surface area contributed by atoms with Gasteiger partial charge in [0.2, 0.25) is 0 Å². The van der Waals surface area contributed by atoms with E-state index in [1.165, 1.54) is 16.3 Å². The molecular weight excluding hydrogens is 222 g/mol. The Balaban J connectivity index is 1.93. The van der Waals surface area contributed by atoms with E-state index in [4.69, 9.17) is 10.5 Å². The van der Waals surface area contributed by atoms with E-state index in [0.29, 0.717) is 5.92 Å². The first-order chi connectivity index (χ1) is 8.75. The van der Waals surface area contributed by atoms with Crippen LogP contribution in [0.5, 0.6) is 0 Å². The smallest absolute Gasteiger partial charge is 0.0594 e. The summed E-state index contributed by atoms with van der Waals surface area (Å²) in [7, 11) is 0. The van der Waals surface area contributed by atoms with E-state index in [0.717, 1.165) is 13.0 Å². The Morgan fingerprint density at radius 2 is 1.94 bits per heavy atom. The first-order valence-electron chi connectivity index (χ1n) is 6.61. The molecule has 2 heteroatoms. The Hall–Kier alpha value is -1.38. The minimum absolute atomic E-state index is 0.0760. The Morgan fingerprint density at radius 1 is 1.17 bits per heavy atom. The van der Waals surface area contributed by atoms with Gasteiger partial charge in [-0.25, -0.2) is 0 Å². The summed E-state index contributed by atoms with van der Waals surface area (Å²) in [5.41, 5.74) is 7.62. The largest absolute Gasteiger partial charge is 0.378 e. The molecule has 0 aliphatic carbocycles. The number of hydrogen-bond acceptors (Lipinski definition) is 2. The second-order valence-electron chi connectivity index (χ2n) is 5.16. The van der Waals surface area contributed by atoms with Crippen LogP contribution in [-0.4, -0.2) is 12.7 Å². The van der Waals surface area contributed by atoms with Gasteiger partial charge in [0.15, 0.2) is 0 Å². The van der Waals surface area contributed by atoms with Crippen LogP contribution in [-0.2, 0) is 4.74 Å². The predicted molar refractivity (Wildman–Crippen MR) is 74.4 cm³/mol. The topological polar surface area (TPSA) is 35.2 Å². The first-order valence-corrected chi connectivity index (χ1v) is 6.61. The van der Waals surface area contributed by atoms with Gasteiger partial charge in [-0.2, -0.15) is 0 Å². The summed E-state index contributed by atoms with van der Waals surface area (Å²) in [6, 6.07) is 15.0. The lowest BCUT2D eigenvalue weighted by atomic mass is 9.88. The molecule has 3 atom stereocenters. The van der Waals surface area contributed by atoms with E-state index in [-0.39, 0.29) is 12.1 Å². The van der Waals surface area contributed by atoms with Gasteiger partial charge >= 0.3 is 0 Å². The van der Waals surface area contributed by atoms with Gasteiger partial charge in [0.05, 0.1) is 6.10 Å². The van der Waals surface area contributed by atoms with Crippen molar-refractivity contribution in [2.24, 2.45) is 11.7 Å². The van der Waals surface area contributed by atoms with E-state index in [1.807, 2.05) is 0 Å². The Morgan fingerprint density at radius 3 is 2.67 bits per heavy atom. The van der Waals surface area contributed by atoms with Gasteiger partial charge in [0, 0.05) is 18.6 Å². The SMILES string of the molecule is CC1OCCC1C(N)c1ccc2ccccc2c1. The summed E-state index contributed by atoms with van der Waals surface area (Å²) >= 11 is 0. The van der Waals surface area contributed by atoms with Crippen LogP contribution in [0.2, 0.25) is 0 Å². The van der Waals surface area contributed by atoms with Crippen LogP contribution in [0, 0.1) is 5.92 Å². The highest BCUT2D eigenvalue weighted by atomic mass is 16.5. The molecule has 3 rings (SSSR count). The molecule has 2 N–H and O–H groups in total. The molecule has 1 fully saturated rings. The Kier molecular flexibility index (Phi) is 3.06. The molecule has 0 aromatic heterocycles. The van der Waals surface area contributed by atoms with Gasteiger partial charge in [0.1, 0.15) is 0 Å². The van der Waals surface area contributed by atoms with Gasteiger partial charge in [-0.1, -0.05) is 36.4 Å². The third-order valence-electron chi connectivity index (χ3n) is 4.05. The summed E-state index contributed by atoms with van der Waals surface area (Å²) in [6.45, 7) is 2.96.